The number of pyridine rings is 1. The van der Waals surface area contributed by atoms with Crippen LogP contribution in [-0.2, 0) is 6.54 Å². The first-order valence-corrected chi connectivity index (χ1v) is 12.1. The average Bonchev–Trinajstić information content (AvgIpc) is 2.92. The quantitative estimate of drug-likeness (QED) is 0.102. The molecular weight excluding hydrogens is 470 g/mol. The van der Waals surface area contributed by atoms with Gasteiger partial charge in [-0.05, 0) is 48.4 Å². The molecule has 4 aromatic rings. The number of aromatic nitrogens is 1. The highest BCUT2D eigenvalue weighted by Crippen LogP contribution is 2.32. The minimum absolute atomic E-state index is 0.273. The van der Waals surface area contributed by atoms with Crippen molar-refractivity contribution in [3.05, 3.63) is 102 Å². The molecule has 0 saturated carbocycles. The van der Waals surface area contributed by atoms with E-state index < -0.39 is 0 Å². The summed E-state index contributed by atoms with van der Waals surface area (Å²) in [7, 11) is 3.46. The number of benzene rings is 3. The number of para-hydroxylation sites is 1. The molecule has 0 atom stereocenters. The van der Waals surface area contributed by atoms with Crippen LogP contribution >= 0.6 is 12.2 Å². The molecule has 184 valence electrons. The van der Waals surface area contributed by atoms with Gasteiger partial charge in [-0.25, -0.2) is 4.99 Å². The summed E-state index contributed by atoms with van der Waals surface area (Å²) in [6.45, 7) is 2.45. The Hall–Kier alpha value is -4.01. The number of nitrogens with two attached hydrogens (primary N) is 1. The fourth-order valence-electron chi connectivity index (χ4n) is 3.49. The molecule has 3 N–H and O–H groups in total. The van der Waals surface area contributed by atoms with Crippen molar-refractivity contribution in [3.63, 3.8) is 0 Å². The summed E-state index contributed by atoms with van der Waals surface area (Å²) < 4.78 is 12.6. The number of guanidine groups is 1. The van der Waals surface area contributed by atoms with Gasteiger partial charge < -0.3 is 14.7 Å². The summed E-state index contributed by atoms with van der Waals surface area (Å²) in [4.78, 5) is 9.28. The normalized spacial score (nSPS) is 11.4. The molecule has 4 rings (SSSR count). The van der Waals surface area contributed by atoms with E-state index in [1.165, 1.54) is 5.56 Å². The van der Waals surface area contributed by atoms with E-state index in [-0.39, 0.29) is 5.96 Å². The molecule has 0 unspecified atom stereocenters. The van der Waals surface area contributed by atoms with Crippen molar-refractivity contribution in [2.45, 2.75) is 13.5 Å². The van der Waals surface area contributed by atoms with Crippen LogP contribution in [0.25, 0.3) is 22.4 Å². The predicted molar refractivity (Wildman–Crippen MR) is 147 cm³/mol. The smallest absolute Gasteiger partial charge is 0.204 e. The van der Waals surface area contributed by atoms with Gasteiger partial charge in [-0.3, -0.25) is 10.4 Å². The van der Waals surface area contributed by atoms with Crippen LogP contribution in [0.15, 0.2) is 96.1 Å². The second-order valence-corrected chi connectivity index (χ2v) is 8.98. The first kappa shape index (κ1) is 25.1. The van der Waals surface area contributed by atoms with Gasteiger partial charge in [-0.1, -0.05) is 60.2 Å². The number of aliphatic imine (C=N–C) groups is 1. The largest absolute Gasteiger partial charge is 0.497 e. The number of ether oxygens (including phenoxy) is 1. The highest BCUT2D eigenvalue weighted by Gasteiger charge is 2.11. The molecule has 0 amide bonds. The minimum Gasteiger partial charge on any atom is -0.497 e. The maximum atomic E-state index is 6.10. The third-order valence-electron chi connectivity index (χ3n) is 5.36. The third kappa shape index (κ3) is 6.78. The van der Waals surface area contributed by atoms with Crippen molar-refractivity contribution < 1.29 is 8.92 Å². The van der Waals surface area contributed by atoms with E-state index in [0.29, 0.717) is 6.54 Å². The fourth-order valence-corrected chi connectivity index (χ4v) is 3.93. The Balaban J connectivity index is 1.50. The van der Waals surface area contributed by atoms with E-state index in [4.69, 9.17) is 19.6 Å². The summed E-state index contributed by atoms with van der Waals surface area (Å²) >= 11 is 1.12. The van der Waals surface area contributed by atoms with Gasteiger partial charge in [0.1, 0.15) is 11.5 Å². The van der Waals surface area contributed by atoms with E-state index in [9.17, 15) is 0 Å². The molecule has 3 aromatic carbocycles. The van der Waals surface area contributed by atoms with E-state index >= 15 is 0 Å². The third-order valence-corrected chi connectivity index (χ3v) is 5.94. The lowest BCUT2D eigenvalue weighted by Gasteiger charge is -2.16. The number of nitrogens with zero attached hydrogens (tertiary/aromatic N) is 3. The van der Waals surface area contributed by atoms with Gasteiger partial charge in [-0.2, -0.15) is 0 Å². The highest BCUT2D eigenvalue weighted by molar-refractivity contribution is 7.92. The molecule has 0 spiro atoms. The Kier molecular flexibility index (Phi) is 8.44. The standard InChI is InChI=1S/C28H29N5O2S/c1-20-9-11-23(12-10-20)27-26(22-13-15-24(34-3)16-14-22)17-21(18-30-27)19-31-28(29)32-33(2)36-35-25-7-5-4-6-8-25/h4-18H,19H2,1-3H3,(H3,29,31,32). The van der Waals surface area contributed by atoms with Crippen LogP contribution in [0, 0.1) is 6.92 Å². The Labute approximate surface area is 216 Å². The van der Waals surface area contributed by atoms with Crippen LogP contribution in [0.4, 0.5) is 0 Å². The molecule has 0 aliphatic rings. The van der Waals surface area contributed by atoms with Crippen LogP contribution in [0.1, 0.15) is 11.1 Å². The lowest BCUT2D eigenvalue weighted by atomic mass is 9.97. The molecule has 0 aliphatic carbocycles. The summed E-state index contributed by atoms with van der Waals surface area (Å²) in [5, 5.41) is 0. The number of hydrazine groups is 1. The van der Waals surface area contributed by atoms with Crippen molar-refractivity contribution in [2.24, 2.45) is 10.7 Å². The van der Waals surface area contributed by atoms with Crippen LogP contribution in [-0.4, -0.2) is 29.5 Å². The number of methoxy groups -OCH3 is 1. The minimum atomic E-state index is 0.273. The Morgan fingerprint density at radius 1 is 0.972 bits per heavy atom. The number of hydrogen-bond acceptors (Lipinski definition) is 6. The topological polar surface area (TPSA) is 85.0 Å². The van der Waals surface area contributed by atoms with Gasteiger partial charge in [0, 0.05) is 24.4 Å². The molecule has 36 heavy (non-hydrogen) atoms. The molecule has 1 aromatic heterocycles. The molecule has 0 aliphatic heterocycles. The monoisotopic (exact) mass is 499 g/mol. The Morgan fingerprint density at radius 3 is 2.36 bits per heavy atom. The molecule has 0 fully saturated rings. The summed E-state index contributed by atoms with van der Waals surface area (Å²) in [6.07, 6.45) is 1.84. The zero-order valence-electron chi connectivity index (χ0n) is 20.5. The summed E-state index contributed by atoms with van der Waals surface area (Å²) in [5.41, 5.74) is 15.3. The molecule has 0 saturated heterocycles. The van der Waals surface area contributed by atoms with Crippen molar-refractivity contribution in [3.8, 4) is 33.9 Å². The fraction of sp³-hybridized carbons (Fsp3) is 0.143. The van der Waals surface area contributed by atoms with Crippen molar-refractivity contribution in [2.75, 3.05) is 14.2 Å². The van der Waals surface area contributed by atoms with Gasteiger partial charge in [-0.15, -0.1) is 4.41 Å². The molecule has 0 bridgehead atoms. The first-order chi connectivity index (χ1) is 17.5. The number of hydrogen-bond donors (Lipinski definition) is 2. The number of aryl methyl sites for hydroxylation is 1. The SMILES string of the molecule is COc1ccc(-c2cc(CN=C(N)NN(C)SOc3ccccc3)cnc2-c2ccc(C)cc2)cc1. The number of rotatable bonds is 9. The Morgan fingerprint density at radius 2 is 1.67 bits per heavy atom. The van der Waals surface area contributed by atoms with Crippen LogP contribution in [0.3, 0.4) is 0 Å². The van der Waals surface area contributed by atoms with Crippen molar-refractivity contribution >= 4 is 18.2 Å². The van der Waals surface area contributed by atoms with Gasteiger partial charge in [0.25, 0.3) is 0 Å². The second-order valence-electron chi connectivity index (χ2n) is 8.12. The zero-order chi connectivity index (χ0) is 25.3. The van der Waals surface area contributed by atoms with E-state index in [2.05, 4.69) is 47.7 Å². The summed E-state index contributed by atoms with van der Waals surface area (Å²) in [6, 6.07) is 28.0. The predicted octanol–water partition coefficient (Wildman–Crippen LogP) is 5.63. The highest BCUT2D eigenvalue weighted by atomic mass is 32.2. The zero-order valence-corrected chi connectivity index (χ0v) is 21.3. The van der Waals surface area contributed by atoms with Gasteiger partial charge >= 0.3 is 0 Å². The van der Waals surface area contributed by atoms with Crippen molar-refractivity contribution in [1.82, 2.24) is 14.8 Å². The first-order valence-electron chi connectivity index (χ1n) is 11.4. The molecule has 1 heterocycles. The lowest BCUT2D eigenvalue weighted by molar-refractivity contribution is 0.415. The lowest BCUT2D eigenvalue weighted by Crippen LogP contribution is -2.40. The second kappa shape index (κ2) is 12.1. The van der Waals surface area contributed by atoms with Crippen LogP contribution in [0.5, 0.6) is 11.5 Å². The maximum absolute atomic E-state index is 6.10. The molecule has 7 nitrogen and oxygen atoms in total. The van der Waals surface area contributed by atoms with Gasteiger partial charge in [0.2, 0.25) is 5.96 Å². The van der Waals surface area contributed by atoms with Gasteiger partial charge in [0.05, 0.1) is 19.3 Å². The number of nitrogens with one attached hydrogen (secondary N) is 1. The van der Waals surface area contributed by atoms with E-state index in [1.807, 2.05) is 60.8 Å². The van der Waals surface area contributed by atoms with Crippen LogP contribution < -0.4 is 20.1 Å². The van der Waals surface area contributed by atoms with E-state index in [0.717, 1.165) is 51.7 Å². The average molecular weight is 500 g/mol. The van der Waals surface area contributed by atoms with Gasteiger partial charge in [0.15, 0.2) is 12.2 Å². The van der Waals surface area contributed by atoms with E-state index in [1.54, 1.807) is 18.6 Å². The maximum Gasteiger partial charge on any atom is 0.204 e. The summed E-state index contributed by atoms with van der Waals surface area (Å²) in [5.74, 6) is 1.83. The Bertz CT molecular complexity index is 1300. The molecule has 8 heteroatoms. The molecular formula is C28H29N5O2S. The van der Waals surface area contributed by atoms with Crippen LogP contribution in [0.2, 0.25) is 0 Å². The van der Waals surface area contributed by atoms with Crippen molar-refractivity contribution in [1.29, 1.82) is 0 Å². The molecule has 0 radical (unpaired) electrons.